The van der Waals surface area contributed by atoms with Crippen LogP contribution in [0.1, 0.15) is 174 Å². The Morgan fingerprint density at radius 1 is 0.574 bits per heavy atom. The second-order valence-corrected chi connectivity index (χ2v) is 17.2. The number of hydrogen-bond acceptors (Lipinski definition) is 13. The summed E-state index contributed by atoms with van der Waals surface area (Å²) in [5.74, 6) is -0.248. The van der Waals surface area contributed by atoms with Gasteiger partial charge in [-0.05, 0) is 44.9 Å². The van der Waals surface area contributed by atoms with Gasteiger partial charge in [-0.1, -0.05) is 147 Å². The predicted octanol–water partition coefficient (Wildman–Crippen LogP) is 5.38. The number of carbonyl (C=O) groups excluding carboxylic acids is 1. The second kappa shape index (κ2) is 34.8. The molecule has 1 amide bonds. The smallest absolute Gasteiger partial charge is 0.220 e. The molecule has 9 N–H and O–H groups in total. The number of aliphatic hydroxyl groups excluding tert-OH is 8. The van der Waals surface area contributed by atoms with Crippen LogP contribution in [0.4, 0.5) is 0 Å². The van der Waals surface area contributed by atoms with Crippen LogP contribution < -0.4 is 5.32 Å². The molecule has 0 saturated carbocycles. The lowest BCUT2D eigenvalue weighted by Crippen LogP contribution is -2.65. The molecule has 14 nitrogen and oxygen atoms in total. The Bertz CT molecular complexity index is 1130. The number of unbranched alkanes of at least 4 members (excludes halogenated alkanes) is 21. The van der Waals surface area contributed by atoms with Gasteiger partial charge < -0.3 is 65.1 Å². The van der Waals surface area contributed by atoms with Gasteiger partial charge in [-0.3, -0.25) is 4.79 Å². The Kier molecular flexibility index (Phi) is 31.7. The van der Waals surface area contributed by atoms with Gasteiger partial charge in [0.05, 0.1) is 32.0 Å². The number of nitrogens with one attached hydrogen (secondary N) is 1. The van der Waals surface area contributed by atoms with Gasteiger partial charge in [0.25, 0.3) is 0 Å². The van der Waals surface area contributed by atoms with E-state index in [9.17, 15) is 45.6 Å². The average Bonchev–Trinajstić information content (AvgIpc) is 3.26. The maximum absolute atomic E-state index is 13.1. The Balaban J connectivity index is 1.74. The minimum absolute atomic E-state index is 0.248. The predicted molar refractivity (Wildman–Crippen MR) is 235 cm³/mol. The quantitative estimate of drug-likeness (QED) is 0.0285. The Morgan fingerprint density at radius 2 is 1.03 bits per heavy atom. The molecule has 2 fully saturated rings. The zero-order valence-corrected chi connectivity index (χ0v) is 37.7. The van der Waals surface area contributed by atoms with Gasteiger partial charge in [0.15, 0.2) is 12.6 Å². The molecule has 2 aliphatic rings. The van der Waals surface area contributed by atoms with Gasteiger partial charge in [0, 0.05) is 6.42 Å². The summed E-state index contributed by atoms with van der Waals surface area (Å²) in [4.78, 5) is 13.1. The first kappa shape index (κ1) is 55.6. The van der Waals surface area contributed by atoms with E-state index in [1.807, 2.05) is 6.08 Å². The summed E-state index contributed by atoms with van der Waals surface area (Å²) in [5, 5.41) is 86.2. The van der Waals surface area contributed by atoms with Crippen molar-refractivity contribution < 1.29 is 64.6 Å². The Labute approximate surface area is 367 Å². The third kappa shape index (κ3) is 22.8. The summed E-state index contributed by atoms with van der Waals surface area (Å²) in [7, 11) is 0. The highest BCUT2D eigenvalue weighted by atomic mass is 16.7. The first-order chi connectivity index (χ1) is 29.6. The van der Waals surface area contributed by atoms with Crippen molar-refractivity contribution in [3.05, 3.63) is 24.3 Å². The Hall–Kier alpha value is -1.53. The molecule has 0 aromatic heterocycles. The van der Waals surface area contributed by atoms with E-state index >= 15 is 0 Å². The van der Waals surface area contributed by atoms with Gasteiger partial charge in [-0.15, -0.1) is 0 Å². The number of ether oxygens (including phenoxy) is 4. The van der Waals surface area contributed by atoms with Gasteiger partial charge in [-0.25, -0.2) is 0 Å². The second-order valence-electron chi connectivity index (χ2n) is 17.2. The summed E-state index contributed by atoms with van der Waals surface area (Å²) < 4.78 is 22.5. The molecule has 2 rings (SSSR count). The SMILES string of the molecule is CCCCCC/C=C/C(O)C(COC1OC(CO)C(OC2OC(CO)C(O)C(O)C2O)C(O)C1O)NC(=O)CCCCCCCCCCC/C=C\CCCCCCCCCC. The lowest BCUT2D eigenvalue weighted by molar-refractivity contribution is -0.359. The third-order valence-corrected chi connectivity index (χ3v) is 11.9. The summed E-state index contributed by atoms with van der Waals surface area (Å²) in [5.41, 5.74) is 0. The molecule has 358 valence electrons. The zero-order valence-electron chi connectivity index (χ0n) is 37.7. The molecule has 2 saturated heterocycles. The van der Waals surface area contributed by atoms with E-state index in [2.05, 4.69) is 31.3 Å². The number of hydrogen-bond donors (Lipinski definition) is 9. The van der Waals surface area contributed by atoms with Crippen LogP contribution in [0.2, 0.25) is 0 Å². The van der Waals surface area contributed by atoms with Crippen molar-refractivity contribution in [1.29, 1.82) is 0 Å². The summed E-state index contributed by atoms with van der Waals surface area (Å²) >= 11 is 0. The molecule has 12 atom stereocenters. The molecule has 0 aliphatic carbocycles. The Morgan fingerprint density at radius 3 is 1.57 bits per heavy atom. The molecule has 61 heavy (non-hydrogen) atoms. The van der Waals surface area contributed by atoms with Crippen LogP contribution in [0, 0.1) is 0 Å². The fraction of sp³-hybridized carbons (Fsp3) is 0.894. The van der Waals surface area contributed by atoms with E-state index in [-0.39, 0.29) is 18.9 Å². The molecule has 0 aromatic rings. The molecule has 12 unspecified atom stereocenters. The minimum Gasteiger partial charge on any atom is -0.394 e. The number of rotatable bonds is 36. The summed E-state index contributed by atoms with van der Waals surface area (Å²) in [6.45, 7) is 2.68. The van der Waals surface area contributed by atoms with Crippen LogP contribution in [0.5, 0.6) is 0 Å². The summed E-state index contributed by atoms with van der Waals surface area (Å²) in [6, 6.07) is -0.909. The molecule has 0 radical (unpaired) electrons. The monoisotopic (exact) mass is 874 g/mol. The van der Waals surface area contributed by atoms with E-state index < -0.39 is 86.8 Å². The van der Waals surface area contributed by atoms with E-state index in [1.54, 1.807) is 6.08 Å². The number of carbonyl (C=O) groups is 1. The van der Waals surface area contributed by atoms with Crippen LogP contribution in [-0.2, 0) is 23.7 Å². The normalized spacial score (nSPS) is 28.2. The number of aliphatic hydroxyl groups is 8. The molecule has 2 heterocycles. The van der Waals surface area contributed by atoms with E-state index in [4.69, 9.17) is 18.9 Å². The van der Waals surface area contributed by atoms with Gasteiger partial charge in [0.2, 0.25) is 5.91 Å². The van der Waals surface area contributed by atoms with Gasteiger partial charge >= 0.3 is 0 Å². The van der Waals surface area contributed by atoms with Crippen LogP contribution >= 0.6 is 0 Å². The van der Waals surface area contributed by atoms with Crippen molar-refractivity contribution in [2.24, 2.45) is 0 Å². The van der Waals surface area contributed by atoms with Gasteiger partial charge in [-0.2, -0.15) is 0 Å². The molecule has 0 spiro atoms. The van der Waals surface area contributed by atoms with Crippen LogP contribution in [0.25, 0.3) is 0 Å². The van der Waals surface area contributed by atoms with E-state index in [0.29, 0.717) is 6.42 Å². The number of allylic oxidation sites excluding steroid dienone is 3. The van der Waals surface area contributed by atoms with Crippen molar-refractivity contribution in [2.75, 3.05) is 19.8 Å². The largest absolute Gasteiger partial charge is 0.394 e. The number of amides is 1. The highest BCUT2D eigenvalue weighted by Gasteiger charge is 2.51. The average molecular weight is 874 g/mol. The van der Waals surface area contributed by atoms with E-state index in [1.165, 1.54) is 96.3 Å². The fourth-order valence-electron chi connectivity index (χ4n) is 7.87. The highest BCUT2D eigenvalue weighted by molar-refractivity contribution is 5.76. The van der Waals surface area contributed by atoms with Crippen LogP contribution in [0.15, 0.2) is 24.3 Å². The van der Waals surface area contributed by atoms with Crippen molar-refractivity contribution in [2.45, 2.75) is 248 Å². The summed E-state index contributed by atoms with van der Waals surface area (Å²) in [6.07, 6.45) is 19.9. The maximum atomic E-state index is 13.1. The van der Waals surface area contributed by atoms with Crippen molar-refractivity contribution >= 4 is 5.91 Å². The van der Waals surface area contributed by atoms with Crippen molar-refractivity contribution in [1.82, 2.24) is 5.32 Å². The molecule has 0 bridgehead atoms. The standard InChI is InChI=1S/C47H87NO13/c1-3-5-7-9-11-12-13-14-15-16-17-18-19-20-21-22-23-24-25-27-29-31-39(52)48-35(36(51)30-28-26-10-8-6-4-2)34-58-46-44(57)42(55)45(38(33-50)60-46)61-47-43(56)41(54)40(53)37(32-49)59-47/h16-17,28,30,35-38,40-47,49-51,53-57H,3-15,18-27,29,31-34H2,1-2H3,(H,48,52)/b17-16-,30-28+. The van der Waals surface area contributed by atoms with Crippen LogP contribution in [-0.4, -0.2) is 140 Å². The first-order valence-corrected chi connectivity index (χ1v) is 24.1. The van der Waals surface area contributed by atoms with Gasteiger partial charge in [0.1, 0.15) is 48.8 Å². The molecule has 2 aliphatic heterocycles. The van der Waals surface area contributed by atoms with Crippen LogP contribution in [0.3, 0.4) is 0 Å². The lowest BCUT2D eigenvalue weighted by atomic mass is 9.97. The maximum Gasteiger partial charge on any atom is 0.220 e. The topological polar surface area (TPSA) is 228 Å². The van der Waals surface area contributed by atoms with Crippen molar-refractivity contribution in [3.8, 4) is 0 Å². The molecular weight excluding hydrogens is 787 g/mol. The highest BCUT2D eigenvalue weighted by Crippen LogP contribution is 2.30. The molecule has 14 heteroatoms. The molecule has 0 aromatic carbocycles. The van der Waals surface area contributed by atoms with E-state index in [0.717, 1.165) is 51.4 Å². The third-order valence-electron chi connectivity index (χ3n) is 11.9. The minimum atomic E-state index is -1.78. The van der Waals surface area contributed by atoms with Crippen molar-refractivity contribution in [3.63, 3.8) is 0 Å². The first-order valence-electron chi connectivity index (χ1n) is 24.1. The molecular formula is C47H87NO13. The zero-order chi connectivity index (χ0) is 44.7. The lowest BCUT2D eigenvalue weighted by Gasteiger charge is -2.46. The fourth-order valence-corrected chi connectivity index (χ4v) is 7.87.